The molecule has 24 heavy (non-hydrogen) atoms. The van der Waals surface area contributed by atoms with Gasteiger partial charge < -0.3 is 9.64 Å². The minimum Gasteiger partial charge on any atom is -0.487 e. The first kappa shape index (κ1) is 17.1. The summed E-state index contributed by atoms with van der Waals surface area (Å²) in [6, 6.07) is 10.7. The van der Waals surface area contributed by atoms with Gasteiger partial charge in [-0.15, -0.1) is 0 Å². The first-order valence-corrected chi connectivity index (χ1v) is 8.77. The summed E-state index contributed by atoms with van der Waals surface area (Å²) in [4.78, 5) is 14.2. The second-order valence-corrected chi connectivity index (χ2v) is 6.94. The van der Waals surface area contributed by atoms with Crippen LogP contribution >= 0.6 is 22.6 Å². The number of carbonyl (C=O) groups excluding carboxylic acids is 1. The number of benzene rings is 2. The molecule has 0 N–H and O–H groups in total. The van der Waals surface area contributed by atoms with Crippen LogP contribution in [-0.4, -0.2) is 30.0 Å². The number of hydrogen-bond donors (Lipinski definition) is 0. The zero-order valence-corrected chi connectivity index (χ0v) is 15.0. The molecule has 2 aromatic rings. The molecular weight excluding hydrogens is 427 g/mol. The molecule has 1 aliphatic rings. The van der Waals surface area contributed by atoms with Crippen molar-refractivity contribution >= 4 is 28.5 Å². The lowest BCUT2D eigenvalue weighted by atomic mass is 10.1. The molecule has 0 aliphatic carbocycles. The fraction of sp³-hybridized carbons (Fsp3) is 0.278. The van der Waals surface area contributed by atoms with Gasteiger partial charge in [0.05, 0.1) is 0 Å². The Bertz CT molecular complexity index is 728. The van der Waals surface area contributed by atoms with E-state index in [4.69, 9.17) is 4.74 Å². The van der Waals surface area contributed by atoms with Gasteiger partial charge in [0.25, 0.3) is 5.91 Å². The molecule has 0 unspecified atom stereocenters. The summed E-state index contributed by atoms with van der Waals surface area (Å²) in [6.45, 7) is 1.11. The third-order valence-electron chi connectivity index (χ3n) is 4.01. The van der Waals surface area contributed by atoms with Gasteiger partial charge in [0.1, 0.15) is 11.9 Å². The first-order valence-electron chi connectivity index (χ1n) is 7.69. The highest BCUT2D eigenvalue weighted by Gasteiger charge is 2.25. The molecule has 3 rings (SSSR count). The molecule has 2 aromatic carbocycles. The Labute approximate surface area is 152 Å². The summed E-state index contributed by atoms with van der Waals surface area (Å²) in [5.74, 6) is -1.28. The number of likely N-dealkylation sites (tertiary alicyclic amines) is 1. The second kappa shape index (κ2) is 7.46. The predicted octanol–water partition coefficient (Wildman–Crippen LogP) is 4.25. The Balaban J connectivity index is 1.57. The van der Waals surface area contributed by atoms with E-state index in [0.717, 1.165) is 9.64 Å². The van der Waals surface area contributed by atoms with Crippen LogP contribution in [0.1, 0.15) is 23.2 Å². The fourth-order valence-electron chi connectivity index (χ4n) is 2.70. The molecule has 0 radical (unpaired) electrons. The van der Waals surface area contributed by atoms with Gasteiger partial charge in [-0.05, 0) is 59.0 Å². The number of ether oxygens (including phenoxy) is 1. The third kappa shape index (κ3) is 4.03. The van der Waals surface area contributed by atoms with Crippen LogP contribution in [0.15, 0.2) is 42.5 Å². The predicted molar refractivity (Wildman–Crippen MR) is 95.1 cm³/mol. The standard InChI is InChI=1S/C18H16F2INO2/c19-13-3-6-17(16(20)11-13)24-15-7-9-22(10-8-15)18(23)12-1-4-14(21)5-2-12/h1-6,11,15H,7-10H2. The molecule has 1 amide bonds. The quantitative estimate of drug-likeness (QED) is 0.664. The van der Waals surface area contributed by atoms with E-state index in [1.165, 1.54) is 12.1 Å². The van der Waals surface area contributed by atoms with Crippen LogP contribution < -0.4 is 4.74 Å². The summed E-state index contributed by atoms with van der Waals surface area (Å²) < 4.78 is 33.2. The van der Waals surface area contributed by atoms with Gasteiger partial charge in [-0.2, -0.15) is 0 Å². The van der Waals surface area contributed by atoms with E-state index in [2.05, 4.69) is 22.6 Å². The van der Waals surface area contributed by atoms with Crippen LogP contribution in [0, 0.1) is 15.2 Å². The molecule has 0 spiro atoms. The van der Waals surface area contributed by atoms with E-state index in [9.17, 15) is 13.6 Å². The molecule has 0 aromatic heterocycles. The van der Waals surface area contributed by atoms with Gasteiger partial charge in [-0.3, -0.25) is 4.79 Å². The van der Waals surface area contributed by atoms with Crippen molar-refractivity contribution in [2.75, 3.05) is 13.1 Å². The van der Waals surface area contributed by atoms with Crippen molar-refractivity contribution in [3.05, 3.63) is 63.2 Å². The van der Waals surface area contributed by atoms with Crippen molar-refractivity contribution in [2.24, 2.45) is 0 Å². The van der Waals surface area contributed by atoms with Crippen molar-refractivity contribution in [3.63, 3.8) is 0 Å². The maximum Gasteiger partial charge on any atom is 0.253 e. The third-order valence-corrected chi connectivity index (χ3v) is 4.73. The molecule has 1 aliphatic heterocycles. The molecule has 0 bridgehead atoms. The lowest BCUT2D eigenvalue weighted by Gasteiger charge is -2.32. The minimum absolute atomic E-state index is 0.00203. The van der Waals surface area contributed by atoms with Crippen LogP contribution in [0.3, 0.4) is 0 Å². The molecule has 3 nitrogen and oxygen atoms in total. The zero-order chi connectivity index (χ0) is 17.1. The van der Waals surface area contributed by atoms with E-state index < -0.39 is 11.6 Å². The van der Waals surface area contributed by atoms with Crippen LogP contribution in [-0.2, 0) is 0 Å². The van der Waals surface area contributed by atoms with Gasteiger partial charge in [0.2, 0.25) is 0 Å². The summed E-state index contributed by atoms with van der Waals surface area (Å²) in [6.07, 6.45) is 1.06. The Morgan fingerprint density at radius 3 is 2.38 bits per heavy atom. The van der Waals surface area contributed by atoms with Gasteiger partial charge in [0, 0.05) is 41.1 Å². The molecule has 0 saturated carbocycles. The summed E-state index contributed by atoms with van der Waals surface area (Å²) in [5, 5.41) is 0. The van der Waals surface area contributed by atoms with Gasteiger partial charge in [-0.1, -0.05) is 0 Å². The average Bonchev–Trinajstić information content (AvgIpc) is 2.58. The highest BCUT2D eigenvalue weighted by atomic mass is 127. The minimum atomic E-state index is -0.701. The lowest BCUT2D eigenvalue weighted by Crippen LogP contribution is -2.41. The van der Waals surface area contributed by atoms with Gasteiger partial charge in [0.15, 0.2) is 11.6 Å². The Morgan fingerprint density at radius 1 is 1.08 bits per heavy atom. The molecule has 126 valence electrons. The van der Waals surface area contributed by atoms with E-state index in [1.54, 1.807) is 4.90 Å². The maximum absolute atomic E-state index is 13.6. The van der Waals surface area contributed by atoms with Crippen LogP contribution in [0.5, 0.6) is 5.75 Å². The number of piperidine rings is 1. The number of halogens is 3. The van der Waals surface area contributed by atoms with Crippen molar-refractivity contribution < 1.29 is 18.3 Å². The Kier molecular flexibility index (Phi) is 5.33. The van der Waals surface area contributed by atoms with E-state index in [-0.39, 0.29) is 17.8 Å². The van der Waals surface area contributed by atoms with Crippen molar-refractivity contribution in [1.29, 1.82) is 0 Å². The summed E-state index contributed by atoms with van der Waals surface area (Å²) >= 11 is 2.20. The SMILES string of the molecule is O=C(c1ccc(I)cc1)N1CCC(Oc2ccc(F)cc2F)CC1. The van der Waals surface area contributed by atoms with Crippen LogP contribution in [0.25, 0.3) is 0 Å². The number of rotatable bonds is 3. The number of nitrogens with zero attached hydrogens (tertiary/aromatic N) is 1. The fourth-order valence-corrected chi connectivity index (χ4v) is 3.06. The van der Waals surface area contributed by atoms with E-state index in [1.807, 2.05) is 24.3 Å². The summed E-state index contributed by atoms with van der Waals surface area (Å²) in [7, 11) is 0. The van der Waals surface area contributed by atoms with Crippen LogP contribution in [0.2, 0.25) is 0 Å². The highest BCUT2D eigenvalue weighted by molar-refractivity contribution is 14.1. The number of hydrogen-bond acceptors (Lipinski definition) is 2. The largest absolute Gasteiger partial charge is 0.487 e. The van der Waals surface area contributed by atoms with Crippen LogP contribution in [0.4, 0.5) is 8.78 Å². The molecule has 1 heterocycles. The first-order chi connectivity index (χ1) is 11.5. The highest BCUT2D eigenvalue weighted by Crippen LogP contribution is 2.23. The average molecular weight is 443 g/mol. The summed E-state index contributed by atoms with van der Waals surface area (Å²) in [5.41, 5.74) is 0.666. The number of carbonyl (C=O) groups is 1. The van der Waals surface area contributed by atoms with Crippen molar-refractivity contribution in [2.45, 2.75) is 18.9 Å². The number of amides is 1. The molecule has 1 saturated heterocycles. The molecule has 0 atom stereocenters. The Hall–Kier alpha value is -1.70. The molecule has 1 fully saturated rings. The smallest absolute Gasteiger partial charge is 0.253 e. The maximum atomic E-state index is 13.6. The Morgan fingerprint density at radius 2 is 1.75 bits per heavy atom. The molecular formula is C18H16F2INO2. The van der Waals surface area contributed by atoms with Gasteiger partial charge >= 0.3 is 0 Å². The topological polar surface area (TPSA) is 29.5 Å². The molecule has 6 heteroatoms. The van der Waals surface area contributed by atoms with Crippen molar-refractivity contribution in [3.8, 4) is 5.75 Å². The van der Waals surface area contributed by atoms with E-state index in [0.29, 0.717) is 31.5 Å². The lowest BCUT2D eigenvalue weighted by molar-refractivity contribution is 0.0588. The monoisotopic (exact) mass is 443 g/mol. The zero-order valence-electron chi connectivity index (χ0n) is 12.8. The normalized spacial score (nSPS) is 15.4. The van der Waals surface area contributed by atoms with Gasteiger partial charge in [-0.25, -0.2) is 8.78 Å². The van der Waals surface area contributed by atoms with Crippen molar-refractivity contribution in [1.82, 2.24) is 4.90 Å². The van der Waals surface area contributed by atoms with E-state index >= 15 is 0 Å². The second-order valence-electron chi connectivity index (χ2n) is 5.69.